The summed E-state index contributed by atoms with van der Waals surface area (Å²) in [6.45, 7) is 0. The third-order valence-electron chi connectivity index (χ3n) is 1.50. The number of nitrogen functional groups attached to an aromatic ring is 1. The third kappa shape index (κ3) is 1.53. The van der Waals surface area contributed by atoms with Crippen LogP contribution in [0.15, 0.2) is 6.20 Å². The second kappa shape index (κ2) is 3.40. The molecule has 0 aromatic carbocycles. The van der Waals surface area contributed by atoms with Crippen LogP contribution in [0.1, 0.15) is 12.0 Å². The summed E-state index contributed by atoms with van der Waals surface area (Å²) in [6.07, 6.45) is -2.51. The Balaban J connectivity index is 3.50. The van der Waals surface area contributed by atoms with Gasteiger partial charge in [0, 0.05) is 0 Å². The van der Waals surface area contributed by atoms with E-state index in [9.17, 15) is 18.9 Å². The summed E-state index contributed by atoms with van der Waals surface area (Å²) in [4.78, 5) is 12.4. The van der Waals surface area contributed by atoms with Crippen LogP contribution in [0.25, 0.3) is 0 Å². The Morgan fingerprint density at radius 1 is 1.64 bits per heavy atom. The Labute approximate surface area is 76.1 Å². The molecule has 0 aliphatic carbocycles. The molecule has 0 bridgehead atoms. The predicted molar refractivity (Wildman–Crippen MR) is 41.9 cm³/mol. The summed E-state index contributed by atoms with van der Waals surface area (Å²) in [5.41, 5.74) is 2.86. The van der Waals surface area contributed by atoms with Crippen molar-refractivity contribution >= 4 is 11.5 Å². The number of nitrogens with zero attached hydrogens (tertiary/aromatic N) is 2. The van der Waals surface area contributed by atoms with E-state index >= 15 is 0 Å². The van der Waals surface area contributed by atoms with E-state index in [1.807, 2.05) is 0 Å². The van der Waals surface area contributed by atoms with Gasteiger partial charge in [0.1, 0.15) is 11.4 Å². The summed E-state index contributed by atoms with van der Waals surface area (Å²) >= 11 is 0. The van der Waals surface area contributed by atoms with Gasteiger partial charge in [-0.05, 0) is 0 Å². The molecule has 1 heterocycles. The van der Waals surface area contributed by atoms with Crippen LogP contribution in [0.5, 0.6) is 5.75 Å². The standard InChI is InChI=1S/C6H5F2N3O3/c7-5(8)3-4(11(13)14)2(12)1-10-6(3)9/h1,5,12H,(H2,9,10). The number of anilines is 1. The SMILES string of the molecule is Nc1ncc(O)c([N+](=O)[O-])c1C(F)F. The minimum atomic E-state index is -3.16. The molecule has 14 heavy (non-hydrogen) atoms. The molecule has 76 valence electrons. The first-order valence-electron chi connectivity index (χ1n) is 3.35. The summed E-state index contributed by atoms with van der Waals surface area (Å²) in [7, 11) is 0. The van der Waals surface area contributed by atoms with Crippen molar-refractivity contribution in [3.63, 3.8) is 0 Å². The van der Waals surface area contributed by atoms with Crippen molar-refractivity contribution < 1.29 is 18.8 Å². The molecule has 8 heteroatoms. The van der Waals surface area contributed by atoms with Gasteiger partial charge in [-0.2, -0.15) is 0 Å². The molecule has 0 amide bonds. The molecule has 0 fully saturated rings. The Morgan fingerprint density at radius 3 is 2.57 bits per heavy atom. The molecule has 1 rings (SSSR count). The predicted octanol–water partition coefficient (Wildman–Crippen LogP) is 1.22. The lowest BCUT2D eigenvalue weighted by atomic mass is 10.2. The highest BCUT2D eigenvalue weighted by Gasteiger charge is 2.29. The van der Waals surface area contributed by atoms with Gasteiger partial charge in [-0.3, -0.25) is 10.1 Å². The fraction of sp³-hybridized carbons (Fsp3) is 0.167. The molecule has 1 aromatic heterocycles. The highest BCUT2D eigenvalue weighted by Crippen LogP contribution is 2.38. The van der Waals surface area contributed by atoms with Crippen molar-refractivity contribution in [3.05, 3.63) is 21.9 Å². The number of hydrogen-bond donors (Lipinski definition) is 2. The highest BCUT2D eigenvalue weighted by molar-refractivity contribution is 5.60. The second-order valence-electron chi connectivity index (χ2n) is 2.35. The molecule has 0 radical (unpaired) electrons. The number of alkyl halides is 2. The van der Waals surface area contributed by atoms with E-state index in [4.69, 9.17) is 10.8 Å². The molecule has 0 atom stereocenters. The lowest BCUT2D eigenvalue weighted by molar-refractivity contribution is -0.387. The van der Waals surface area contributed by atoms with Gasteiger partial charge in [-0.15, -0.1) is 0 Å². The Morgan fingerprint density at radius 2 is 2.21 bits per heavy atom. The van der Waals surface area contributed by atoms with E-state index < -0.39 is 34.2 Å². The fourth-order valence-corrected chi connectivity index (χ4v) is 0.928. The number of nitro groups is 1. The van der Waals surface area contributed by atoms with Gasteiger partial charge in [0.05, 0.1) is 11.1 Å². The number of halogens is 2. The van der Waals surface area contributed by atoms with Gasteiger partial charge >= 0.3 is 5.69 Å². The van der Waals surface area contributed by atoms with Crippen LogP contribution in [0, 0.1) is 10.1 Å². The maximum Gasteiger partial charge on any atom is 0.324 e. The zero-order chi connectivity index (χ0) is 10.9. The molecular formula is C6H5F2N3O3. The van der Waals surface area contributed by atoms with Crippen LogP contribution in [0.4, 0.5) is 20.3 Å². The van der Waals surface area contributed by atoms with E-state index in [1.54, 1.807) is 0 Å². The zero-order valence-corrected chi connectivity index (χ0v) is 6.65. The number of aromatic nitrogens is 1. The number of rotatable bonds is 2. The van der Waals surface area contributed by atoms with E-state index in [2.05, 4.69) is 4.98 Å². The minimum absolute atomic E-state index is 0.652. The van der Waals surface area contributed by atoms with Crippen LogP contribution < -0.4 is 5.73 Å². The summed E-state index contributed by atoms with van der Waals surface area (Å²) < 4.78 is 24.6. The second-order valence-corrected chi connectivity index (χ2v) is 2.35. The van der Waals surface area contributed by atoms with E-state index in [-0.39, 0.29) is 0 Å². The maximum absolute atomic E-state index is 12.3. The first kappa shape index (κ1) is 10.1. The lowest BCUT2D eigenvalue weighted by Crippen LogP contribution is -2.03. The summed E-state index contributed by atoms with van der Waals surface area (Å²) in [5.74, 6) is -1.59. The Hall–Kier alpha value is -1.99. The average molecular weight is 205 g/mol. The normalized spacial score (nSPS) is 10.5. The average Bonchev–Trinajstić information content (AvgIpc) is 2.07. The van der Waals surface area contributed by atoms with Gasteiger partial charge in [0.2, 0.25) is 5.75 Å². The smallest absolute Gasteiger partial charge is 0.324 e. The molecular weight excluding hydrogens is 200 g/mol. The van der Waals surface area contributed by atoms with E-state index in [0.717, 1.165) is 0 Å². The first-order valence-corrected chi connectivity index (χ1v) is 3.35. The fourth-order valence-electron chi connectivity index (χ4n) is 0.928. The maximum atomic E-state index is 12.3. The Bertz CT molecular complexity index is 383. The third-order valence-corrected chi connectivity index (χ3v) is 1.50. The molecule has 0 saturated carbocycles. The lowest BCUT2D eigenvalue weighted by Gasteiger charge is -2.05. The van der Waals surface area contributed by atoms with Crippen LogP contribution in [0.3, 0.4) is 0 Å². The van der Waals surface area contributed by atoms with Crippen molar-refractivity contribution in [1.82, 2.24) is 4.98 Å². The number of nitrogens with two attached hydrogens (primary N) is 1. The quantitative estimate of drug-likeness (QED) is 0.558. The molecule has 3 N–H and O–H groups in total. The molecule has 0 spiro atoms. The highest BCUT2D eigenvalue weighted by atomic mass is 19.3. The van der Waals surface area contributed by atoms with Crippen molar-refractivity contribution in [1.29, 1.82) is 0 Å². The topological polar surface area (TPSA) is 102 Å². The number of pyridine rings is 1. The van der Waals surface area contributed by atoms with Crippen molar-refractivity contribution in [3.8, 4) is 5.75 Å². The monoisotopic (exact) mass is 205 g/mol. The van der Waals surface area contributed by atoms with Crippen LogP contribution >= 0.6 is 0 Å². The van der Waals surface area contributed by atoms with Gasteiger partial charge in [-0.1, -0.05) is 0 Å². The first-order chi connectivity index (χ1) is 6.45. The van der Waals surface area contributed by atoms with Crippen molar-refractivity contribution in [2.45, 2.75) is 6.43 Å². The molecule has 0 aliphatic heterocycles. The largest absolute Gasteiger partial charge is 0.501 e. The summed E-state index contributed by atoms with van der Waals surface area (Å²) in [5, 5.41) is 19.3. The van der Waals surface area contributed by atoms with Gasteiger partial charge < -0.3 is 10.8 Å². The van der Waals surface area contributed by atoms with Crippen LogP contribution in [-0.4, -0.2) is 15.0 Å². The minimum Gasteiger partial charge on any atom is -0.501 e. The Kier molecular flexibility index (Phi) is 2.45. The number of hydrogen-bond acceptors (Lipinski definition) is 5. The van der Waals surface area contributed by atoms with Crippen LogP contribution in [0.2, 0.25) is 0 Å². The summed E-state index contributed by atoms with van der Waals surface area (Å²) in [6, 6.07) is 0. The molecule has 0 saturated heterocycles. The van der Waals surface area contributed by atoms with Crippen molar-refractivity contribution in [2.75, 3.05) is 5.73 Å². The van der Waals surface area contributed by atoms with Gasteiger partial charge in [0.15, 0.2) is 0 Å². The van der Waals surface area contributed by atoms with Crippen LogP contribution in [-0.2, 0) is 0 Å². The zero-order valence-electron chi connectivity index (χ0n) is 6.65. The van der Waals surface area contributed by atoms with E-state index in [0.29, 0.717) is 6.20 Å². The molecule has 6 nitrogen and oxygen atoms in total. The van der Waals surface area contributed by atoms with E-state index in [1.165, 1.54) is 0 Å². The van der Waals surface area contributed by atoms with Gasteiger partial charge in [0.25, 0.3) is 6.43 Å². The van der Waals surface area contributed by atoms with Crippen molar-refractivity contribution in [2.24, 2.45) is 0 Å². The van der Waals surface area contributed by atoms with Gasteiger partial charge in [-0.25, -0.2) is 13.8 Å². The molecule has 1 aromatic rings. The number of aromatic hydroxyl groups is 1. The molecule has 0 unspecified atom stereocenters. The molecule has 0 aliphatic rings.